The van der Waals surface area contributed by atoms with Gasteiger partial charge < -0.3 is 19.5 Å². The summed E-state index contributed by atoms with van der Waals surface area (Å²) in [5.41, 5.74) is 0.361. The van der Waals surface area contributed by atoms with Crippen molar-refractivity contribution in [3.05, 3.63) is 76.8 Å². The van der Waals surface area contributed by atoms with Gasteiger partial charge in [-0.15, -0.1) is 0 Å². The number of nitrogens with one attached hydrogen (secondary N) is 2. The summed E-state index contributed by atoms with van der Waals surface area (Å²) in [6.07, 6.45) is 0. The molecule has 0 fully saturated rings. The van der Waals surface area contributed by atoms with Gasteiger partial charge in [0, 0.05) is 18.7 Å². The molecule has 0 aliphatic carbocycles. The van der Waals surface area contributed by atoms with Crippen molar-refractivity contribution in [3.63, 3.8) is 0 Å². The number of amides is 1. The van der Waals surface area contributed by atoms with Gasteiger partial charge in [0.25, 0.3) is 5.91 Å². The van der Waals surface area contributed by atoms with Crippen LogP contribution in [-0.4, -0.2) is 41.2 Å². The topological polar surface area (TPSA) is 103 Å². The second-order valence-electron chi connectivity index (χ2n) is 6.88. The fourth-order valence-corrected chi connectivity index (χ4v) is 4.27. The van der Waals surface area contributed by atoms with E-state index < -0.39 is 15.9 Å². The van der Waals surface area contributed by atoms with E-state index in [0.29, 0.717) is 22.2 Å². The fraction of sp³-hybridized carbons (Fsp3) is 0.174. The molecule has 8 nitrogen and oxygen atoms in total. The van der Waals surface area contributed by atoms with Crippen molar-refractivity contribution in [1.29, 1.82) is 0 Å². The minimum absolute atomic E-state index is 0.0352. The minimum Gasteiger partial charge on any atom is -0.482 e. The normalized spacial score (nSPS) is 11.1. The van der Waals surface area contributed by atoms with Crippen LogP contribution >= 0.6 is 23.2 Å². The zero-order valence-electron chi connectivity index (χ0n) is 18.1. The Bertz CT molecular complexity index is 1240. The standard InChI is InChI=1S/C23H22Cl2N2O6S/c1-31-12-11-26-34(29,30)18-8-10-21(19(25)14-18)32-15-23(28)27-20-13-16(24)7-9-22(20)33-17-5-3-2-4-6-17/h2-10,13-14,26H,11-12,15H2,1H3,(H,27,28). The van der Waals surface area contributed by atoms with E-state index >= 15 is 0 Å². The van der Waals surface area contributed by atoms with Crippen LogP contribution in [0.4, 0.5) is 5.69 Å². The Morgan fingerprint density at radius 3 is 2.41 bits per heavy atom. The zero-order chi connectivity index (χ0) is 24.6. The van der Waals surface area contributed by atoms with E-state index in [-0.39, 0.29) is 35.4 Å². The predicted molar refractivity (Wildman–Crippen MR) is 131 cm³/mol. The molecule has 0 aromatic heterocycles. The number of hydrogen-bond acceptors (Lipinski definition) is 6. The smallest absolute Gasteiger partial charge is 0.262 e. The highest BCUT2D eigenvalue weighted by molar-refractivity contribution is 7.89. The van der Waals surface area contributed by atoms with E-state index in [1.807, 2.05) is 18.2 Å². The summed E-state index contributed by atoms with van der Waals surface area (Å²) in [7, 11) is -2.28. The summed E-state index contributed by atoms with van der Waals surface area (Å²) in [4.78, 5) is 12.5. The molecular weight excluding hydrogens is 503 g/mol. The second kappa shape index (κ2) is 12.0. The first-order valence-electron chi connectivity index (χ1n) is 10.0. The van der Waals surface area contributed by atoms with Crippen LogP contribution in [0.5, 0.6) is 17.2 Å². The highest BCUT2D eigenvalue weighted by Crippen LogP contribution is 2.32. The van der Waals surface area contributed by atoms with Crippen molar-refractivity contribution in [1.82, 2.24) is 4.72 Å². The molecule has 3 rings (SSSR count). The number of ether oxygens (including phenoxy) is 3. The molecule has 0 saturated carbocycles. The molecule has 11 heteroatoms. The fourth-order valence-electron chi connectivity index (χ4n) is 2.76. The molecule has 3 aromatic rings. The van der Waals surface area contributed by atoms with Gasteiger partial charge in [-0.3, -0.25) is 4.79 Å². The first-order chi connectivity index (χ1) is 16.3. The van der Waals surface area contributed by atoms with Gasteiger partial charge in [-0.2, -0.15) is 0 Å². The molecule has 0 aliphatic heterocycles. The van der Waals surface area contributed by atoms with E-state index in [0.717, 1.165) is 0 Å². The van der Waals surface area contributed by atoms with Gasteiger partial charge in [-0.25, -0.2) is 13.1 Å². The molecule has 0 unspecified atom stereocenters. The summed E-state index contributed by atoms with van der Waals surface area (Å²) < 4.78 is 43.1. The third-order valence-electron chi connectivity index (χ3n) is 4.36. The highest BCUT2D eigenvalue weighted by atomic mass is 35.5. The lowest BCUT2D eigenvalue weighted by Gasteiger charge is -2.14. The first-order valence-corrected chi connectivity index (χ1v) is 12.3. The van der Waals surface area contributed by atoms with Crippen LogP contribution in [0.2, 0.25) is 10.0 Å². The van der Waals surface area contributed by atoms with Gasteiger partial charge in [0.15, 0.2) is 12.4 Å². The molecule has 180 valence electrons. The Morgan fingerprint density at radius 2 is 1.71 bits per heavy atom. The Hall–Kier alpha value is -2.82. The number of halogens is 2. The van der Waals surface area contributed by atoms with Crippen molar-refractivity contribution in [2.45, 2.75) is 4.90 Å². The Morgan fingerprint density at radius 1 is 0.971 bits per heavy atom. The molecule has 0 bridgehead atoms. The lowest BCUT2D eigenvalue weighted by atomic mass is 10.2. The summed E-state index contributed by atoms with van der Waals surface area (Å²) in [6, 6.07) is 17.9. The van der Waals surface area contributed by atoms with E-state index in [9.17, 15) is 13.2 Å². The van der Waals surface area contributed by atoms with Crippen LogP contribution in [0.15, 0.2) is 71.6 Å². The minimum atomic E-state index is -3.75. The van der Waals surface area contributed by atoms with E-state index in [2.05, 4.69) is 10.0 Å². The summed E-state index contributed by atoms with van der Waals surface area (Å²) >= 11 is 12.2. The monoisotopic (exact) mass is 524 g/mol. The summed E-state index contributed by atoms with van der Waals surface area (Å²) in [5.74, 6) is 0.654. The molecule has 2 N–H and O–H groups in total. The number of benzene rings is 3. The van der Waals surface area contributed by atoms with E-state index in [1.165, 1.54) is 25.3 Å². The maximum absolute atomic E-state index is 12.5. The highest BCUT2D eigenvalue weighted by Gasteiger charge is 2.17. The van der Waals surface area contributed by atoms with Gasteiger partial charge in [-0.1, -0.05) is 41.4 Å². The average Bonchev–Trinajstić information content (AvgIpc) is 2.81. The van der Waals surface area contributed by atoms with Crippen molar-refractivity contribution in [2.75, 3.05) is 32.2 Å². The number of carbonyl (C=O) groups is 1. The van der Waals surface area contributed by atoms with Crippen molar-refractivity contribution in [2.24, 2.45) is 0 Å². The quantitative estimate of drug-likeness (QED) is 0.351. The second-order valence-corrected chi connectivity index (χ2v) is 9.49. The third kappa shape index (κ3) is 7.34. The number of sulfonamides is 1. The summed E-state index contributed by atoms with van der Waals surface area (Å²) in [6.45, 7) is -0.0302. The van der Waals surface area contributed by atoms with Crippen molar-refractivity contribution < 1.29 is 27.4 Å². The molecule has 0 heterocycles. The van der Waals surface area contributed by atoms with E-state index in [1.54, 1.807) is 30.3 Å². The molecule has 34 heavy (non-hydrogen) atoms. The molecule has 0 atom stereocenters. The SMILES string of the molecule is COCCNS(=O)(=O)c1ccc(OCC(=O)Nc2cc(Cl)ccc2Oc2ccccc2)c(Cl)c1. The number of hydrogen-bond donors (Lipinski definition) is 2. The van der Waals surface area contributed by atoms with Crippen LogP contribution in [0.1, 0.15) is 0 Å². The molecule has 0 saturated heterocycles. The number of carbonyl (C=O) groups excluding carboxylic acids is 1. The molecule has 0 aliphatic rings. The number of para-hydroxylation sites is 1. The van der Waals surface area contributed by atoms with Crippen LogP contribution in [0.25, 0.3) is 0 Å². The number of methoxy groups -OCH3 is 1. The van der Waals surface area contributed by atoms with Crippen LogP contribution < -0.4 is 19.5 Å². The number of rotatable bonds is 11. The molecule has 3 aromatic carbocycles. The summed E-state index contributed by atoms with van der Waals surface area (Å²) in [5, 5.41) is 3.14. The third-order valence-corrected chi connectivity index (χ3v) is 6.35. The van der Waals surface area contributed by atoms with Gasteiger partial charge in [-0.05, 0) is 48.5 Å². The van der Waals surface area contributed by atoms with Crippen LogP contribution in [-0.2, 0) is 19.6 Å². The lowest BCUT2D eigenvalue weighted by Crippen LogP contribution is -2.27. The predicted octanol–water partition coefficient (Wildman–Crippen LogP) is 4.73. The van der Waals surface area contributed by atoms with Crippen LogP contribution in [0.3, 0.4) is 0 Å². The Balaban J connectivity index is 1.64. The van der Waals surface area contributed by atoms with Gasteiger partial charge in [0.1, 0.15) is 11.5 Å². The van der Waals surface area contributed by atoms with Gasteiger partial charge in [0.05, 0.1) is 22.2 Å². The molecule has 1 amide bonds. The first kappa shape index (κ1) is 25.8. The van der Waals surface area contributed by atoms with Crippen molar-refractivity contribution in [3.8, 4) is 17.2 Å². The van der Waals surface area contributed by atoms with Crippen molar-refractivity contribution >= 4 is 44.8 Å². The zero-order valence-corrected chi connectivity index (χ0v) is 20.4. The number of anilines is 1. The van der Waals surface area contributed by atoms with E-state index in [4.69, 9.17) is 37.4 Å². The van der Waals surface area contributed by atoms with Gasteiger partial charge >= 0.3 is 0 Å². The van der Waals surface area contributed by atoms with Gasteiger partial charge in [0.2, 0.25) is 10.0 Å². The lowest BCUT2D eigenvalue weighted by molar-refractivity contribution is -0.118. The Kier molecular flexibility index (Phi) is 9.14. The molecule has 0 spiro atoms. The average molecular weight is 525 g/mol. The Labute approximate surface area is 207 Å². The maximum atomic E-state index is 12.5. The largest absolute Gasteiger partial charge is 0.482 e. The molecule has 0 radical (unpaired) electrons. The molecular formula is C23H22Cl2N2O6S. The maximum Gasteiger partial charge on any atom is 0.262 e. The van der Waals surface area contributed by atoms with Crippen LogP contribution in [0, 0.1) is 0 Å².